The Hall–Kier alpha value is -0.900. The average molecular weight is 468 g/mol. The molecule has 0 saturated heterocycles. The van der Waals surface area contributed by atoms with E-state index in [-0.39, 0.29) is 0 Å². The Morgan fingerprint density at radius 2 is 2.07 bits per heavy atom. The molecule has 1 unspecified atom stereocenters. The van der Waals surface area contributed by atoms with Crippen LogP contribution in [0.1, 0.15) is 64.5 Å². The quantitative estimate of drug-likeness (QED) is 0.198. The number of nitrogens with zero attached hydrogens (tertiary/aromatic N) is 1. The number of benzene rings is 1. The Kier molecular flexibility index (Phi) is 12.7. The summed E-state index contributed by atoms with van der Waals surface area (Å²) in [7, 11) is 0. The Bertz CT molecular complexity index is 692. The third-order valence-electron chi connectivity index (χ3n) is 5.18. The molecule has 1 rings (SSSR count). The summed E-state index contributed by atoms with van der Waals surface area (Å²) >= 11 is 10.2. The number of hydrogen-bond donors (Lipinski definition) is 1. The number of nitrogens with two attached hydrogens (primary N) is 1. The minimum Gasteiger partial charge on any atom is -0.330 e. The van der Waals surface area contributed by atoms with Gasteiger partial charge in [-0.05, 0) is 86.8 Å². The molecule has 4 heteroatoms. The number of hydrogen-bond acceptors (Lipinski definition) is 2. The second-order valence-corrected chi connectivity index (χ2v) is 8.10. The van der Waals surface area contributed by atoms with Gasteiger partial charge in [-0.15, -0.1) is 0 Å². The zero-order valence-electron chi connectivity index (χ0n) is 17.9. The van der Waals surface area contributed by atoms with Crippen molar-refractivity contribution in [3.63, 3.8) is 0 Å². The maximum absolute atomic E-state index is 6.61. The Morgan fingerprint density at radius 1 is 1.32 bits per heavy atom. The van der Waals surface area contributed by atoms with Crippen molar-refractivity contribution in [2.75, 3.05) is 18.4 Å². The van der Waals surface area contributed by atoms with Crippen molar-refractivity contribution in [3.8, 4) is 0 Å². The lowest BCUT2D eigenvalue weighted by Gasteiger charge is -2.22. The lowest BCUT2D eigenvalue weighted by Crippen LogP contribution is -2.13. The zero-order valence-corrected chi connectivity index (χ0v) is 20.2. The molecule has 0 aliphatic heterocycles. The van der Waals surface area contributed by atoms with Gasteiger partial charge in [0.15, 0.2) is 0 Å². The van der Waals surface area contributed by atoms with E-state index in [1.165, 1.54) is 22.3 Å². The number of alkyl halides is 1. The number of halogens is 2. The fraction of sp³-hybridized carbons (Fsp3) is 0.542. The van der Waals surface area contributed by atoms with Crippen molar-refractivity contribution < 1.29 is 0 Å². The highest BCUT2D eigenvalue weighted by Gasteiger charge is 2.17. The van der Waals surface area contributed by atoms with Gasteiger partial charge in [0.1, 0.15) is 0 Å². The molecule has 2 nitrogen and oxygen atoms in total. The fourth-order valence-corrected chi connectivity index (χ4v) is 4.36. The smallest absolute Gasteiger partial charge is 0.0444 e. The second-order valence-electron chi connectivity index (χ2n) is 7.04. The first-order chi connectivity index (χ1) is 13.5. The molecule has 1 aromatic rings. The summed E-state index contributed by atoms with van der Waals surface area (Å²) in [6, 6.07) is 6.15. The molecule has 0 heterocycles. The molecule has 0 aliphatic rings. The molecule has 0 aromatic heterocycles. The molecule has 156 valence electrons. The zero-order chi connectivity index (χ0) is 20.9. The third-order valence-corrected chi connectivity index (χ3v) is 5.86. The van der Waals surface area contributed by atoms with E-state index in [0.29, 0.717) is 5.92 Å². The SMILES string of the molecule is C/C=C(\C(=C/CBr)CCc1c(Cl)cccc1C(C)=NCCC)C(CC)CCN. The summed E-state index contributed by atoms with van der Waals surface area (Å²) in [5.41, 5.74) is 12.1. The van der Waals surface area contributed by atoms with Crippen LogP contribution in [0.15, 0.2) is 46.5 Å². The molecule has 1 atom stereocenters. The molecule has 0 aliphatic carbocycles. The molecule has 0 spiro atoms. The predicted molar refractivity (Wildman–Crippen MR) is 130 cm³/mol. The Labute approximate surface area is 185 Å². The van der Waals surface area contributed by atoms with Crippen LogP contribution in [-0.2, 0) is 6.42 Å². The summed E-state index contributed by atoms with van der Waals surface area (Å²) in [5, 5.41) is 1.68. The minimum atomic E-state index is 0.513. The summed E-state index contributed by atoms with van der Waals surface area (Å²) < 4.78 is 0. The highest BCUT2D eigenvalue weighted by Crippen LogP contribution is 2.31. The molecule has 0 bridgehead atoms. The predicted octanol–water partition coefficient (Wildman–Crippen LogP) is 7.13. The lowest BCUT2D eigenvalue weighted by molar-refractivity contribution is 0.550. The maximum Gasteiger partial charge on any atom is 0.0444 e. The number of aliphatic imine (C=N–C) groups is 1. The Balaban J connectivity index is 3.15. The first kappa shape index (κ1) is 25.1. The molecule has 1 aromatic carbocycles. The van der Waals surface area contributed by atoms with E-state index in [4.69, 9.17) is 22.3 Å². The van der Waals surface area contributed by atoms with Crippen LogP contribution in [0.3, 0.4) is 0 Å². The lowest BCUT2D eigenvalue weighted by atomic mass is 9.84. The summed E-state index contributed by atoms with van der Waals surface area (Å²) in [6.07, 6.45) is 9.61. The van der Waals surface area contributed by atoms with Crippen LogP contribution in [0.25, 0.3) is 0 Å². The van der Waals surface area contributed by atoms with Gasteiger partial charge in [0.2, 0.25) is 0 Å². The van der Waals surface area contributed by atoms with Crippen LogP contribution >= 0.6 is 27.5 Å². The molecule has 0 amide bonds. The van der Waals surface area contributed by atoms with E-state index in [1.54, 1.807) is 0 Å². The van der Waals surface area contributed by atoms with Crippen LogP contribution in [0.4, 0.5) is 0 Å². The normalized spacial score (nSPS) is 14.5. The van der Waals surface area contributed by atoms with E-state index in [1.807, 2.05) is 12.1 Å². The van der Waals surface area contributed by atoms with Crippen molar-refractivity contribution in [1.29, 1.82) is 0 Å². The molecular formula is C24H36BrClN2. The van der Waals surface area contributed by atoms with E-state index in [2.05, 4.69) is 61.8 Å². The van der Waals surface area contributed by atoms with Crippen molar-refractivity contribution in [2.24, 2.45) is 16.6 Å². The van der Waals surface area contributed by atoms with E-state index in [9.17, 15) is 0 Å². The number of allylic oxidation sites excluding steroid dienone is 4. The monoisotopic (exact) mass is 466 g/mol. The van der Waals surface area contributed by atoms with Gasteiger partial charge in [-0.2, -0.15) is 0 Å². The summed E-state index contributed by atoms with van der Waals surface area (Å²) in [6.45, 7) is 10.2. The van der Waals surface area contributed by atoms with Gasteiger partial charge in [0.25, 0.3) is 0 Å². The fourth-order valence-electron chi connectivity index (χ4n) is 3.70. The van der Waals surface area contributed by atoms with Gasteiger partial charge in [-0.1, -0.05) is 65.7 Å². The van der Waals surface area contributed by atoms with Gasteiger partial charge < -0.3 is 5.73 Å². The van der Waals surface area contributed by atoms with Crippen molar-refractivity contribution >= 4 is 33.2 Å². The molecule has 2 N–H and O–H groups in total. The summed E-state index contributed by atoms with van der Waals surface area (Å²) in [4.78, 5) is 4.71. The van der Waals surface area contributed by atoms with Crippen LogP contribution in [-0.4, -0.2) is 24.1 Å². The first-order valence-corrected chi connectivity index (χ1v) is 11.9. The van der Waals surface area contributed by atoms with Crippen LogP contribution in [0, 0.1) is 5.92 Å². The topological polar surface area (TPSA) is 38.4 Å². The molecule has 0 saturated carbocycles. The van der Waals surface area contributed by atoms with Gasteiger partial charge in [0.05, 0.1) is 0 Å². The van der Waals surface area contributed by atoms with Crippen molar-refractivity contribution in [2.45, 2.75) is 59.8 Å². The largest absolute Gasteiger partial charge is 0.330 e. The van der Waals surface area contributed by atoms with E-state index < -0.39 is 0 Å². The van der Waals surface area contributed by atoms with E-state index >= 15 is 0 Å². The standard InChI is InChI=1S/C24H36BrClN2/c1-5-17-28-18(4)22-9-8-10-24(26)23(22)12-11-20(13-15-25)21(7-3)19(6-2)14-16-27/h7-10,13,19H,5-6,11-12,14-17,27H2,1-4H3/b20-13-,21-7-,28-18?. The summed E-state index contributed by atoms with van der Waals surface area (Å²) in [5.74, 6) is 0.513. The van der Waals surface area contributed by atoms with Crippen LogP contribution in [0.5, 0.6) is 0 Å². The second kappa shape index (κ2) is 14.1. The van der Waals surface area contributed by atoms with E-state index in [0.717, 1.165) is 61.3 Å². The van der Waals surface area contributed by atoms with Crippen molar-refractivity contribution in [1.82, 2.24) is 0 Å². The molecular weight excluding hydrogens is 432 g/mol. The van der Waals surface area contributed by atoms with Gasteiger partial charge in [-0.3, -0.25) is 4.99 Å². The minimum absolute atomic E-state index is 0.513. The molecule has 0 radical (unpaired) electrons. The van der Waals surface area contributed by atoms with Gasteiger partial charge in [-0.25, -0.2) is 0 Å². The van der Waals surface area contributed by atoms with Gasteiger partial charge >= 0.3 is 0 Å². The number of rotatable bonds is 12. The Morgan fingerprint density at radius 3 is 2.64 bits per heavy atom. The highest BCUT2D eigenvalue weighted by atomic mass is 79.9. The van der Waals surface area contributed by atoms with Crippen LogP contribution in [0.2, 0.25) is 5.02 Å². The van der Waals surface area contributed by atoms with Crippen molar-refractivity contribution in [3.05, 3.63) is 57.6 Å². The molecule has 0 fully saturated rings. The van der Waals surface area contributed by atoms with Crippen LogP contribution < -0.4 is 5.73 Å². The first-order valence-electron chi connectivity index (χ1n) is 10.4. The molecule has 28 heavy (non-hydrogen) atoms. The van der Waals surface area contributed by atoms with Gasteiger partial charge in [0, 0.05) is 22.6 Å². The third kappa shape index (κ3) is 7.50. The average Bonchev–Trinajstić information content (AvgIpc) is 2.70. The maximum atomic E-state index is 6.61. The highest BCUT2D eigenvalue weighted by molar-refractivity contribution is 9.09.